The number of imide groups is 1. The normalized spacial score (nSPS) is 34.1. The van der Waals surface area contributed by atoms with Gasteiger partial charge in [-0.05, 0) is 103 Å². The molecule has 42 heavy (non-hydrogen) atoms. The predicted octanol–water partition coefficient (Wildman–Crippen LogP) is 5.23. The van der Waals surface area contributed by atoms with Crippen molar-refractivity contribution in [2.45, 2.75) is 88.1 Å². The van der Waals surface area contributed by atoms with E-state index in [9.17, 15) is 19.2 Å². The molecule has 1 spiro atoms. The average Bonchev–Trinajstić information content (AvgIpc) is 3.53. The summed E-state index contributed by atoms with van der Waals surface area (Å²) in [6, 6.07) is 8.73. The molecule has 4 atom stereocenters. The van der Waals surface area contributed by atoms with E-state index in [1.807, 2.05) is 31.2 Å². The highest BCUT2D eigenvalue weighted by molar-refractivity contribution is 7.98. The number of esters is 1. The zero-order valence-corrected chi connectivity index (χ0v) is 24.7. The topological polar surface area (TPSA) is 106 Å². The highest BCUT2D eigenvalue weighted by Crippen LogP contribution is 2.93. The number of carbonyl (C=O) groups is 4. The van der Waals surface area contributed by atoms with Crippen molar-refractivity contribution in [3.63, 3.8) is 0 Å². The number of ether oxygens (including phenoxy) is 1. The number of hydrogen-bond donors (Lipinski definition) is 1. The molecule has 1 aromatic carbocycles. The molecule has 4 aliphatic carbocycles. The Morgan fingerprint density at radius 3 is 2.64 bits per heavy atom. The molecule has 3 amide bonds. The van der Waals surface area contributed by atoms with Crippen molar-refractivity contribution in [1.82, 2.24) is 10.2 Å². The van der Waals surface area contributed by atoms with Crippen LogP contribution in [0.3, 0.4) is 0 Å². The Kier molecular flexibility index (Phi) is 5.98. The Bertz CT molecular complexity index is 1490. The van der Waals surface area contributed by atoms with E-state index < -0.39 is 11.9 Å². The molecule has 4 saturated carbocycles. The molecule has 0 radical (unpaired) electrons. The molecule has 1 aromatic heterocycles. The number of amides is 3. The summed E-state index contributed by atoms with van der Waals surface area (Å²) in [6.45, 7) is 2.47. The van der Waals surface area contributed by atoms with Crippen LogP contribution in [0.5, 0.6) is 0 Å². The lowest BCUT2D eigenvalue weighted by Crippen LogP contribution is -2.85. The molecule has 2 aromatic rings. The molecule has 6 aliphatic rings. The number of hydrogen-bond acceptors (Lipinski definition) is 7. The second kappa shape index (κ2) is 9.46. The Hall–Kier alpha value is -3.07. The van der Waals surface area contributed by atoms with Crippen LogP contribution in [0.2, 0.25) is 0 Å². The highest BCUT2D eigenvalue weighted by Gasteiger charge is 2.86. The summed E-state index contributed by atoms with van der Waals surface area (Å²) < 4.78 is 11.6. The van der Waals surface area contributed by atoms with Gasteiger partial charge in [0.1, 0.15) is 24.2 Å². The molecular formula is C33H36N2O6S. The third kappa shape index (κ3) is 3.67. The smallest absolute Gasteiger partial charge is 0.309 e. The summed E-state index contributed by atoms with van der Waals surface area (Å²) in [5, 5.41) is 2.35. The molecular weight excluding hydrogens is 552 g/mol. The third-order valence-corrected chi connectivity index (χ3v) is 12.9. The fourth-order valence-corrected chi connectivity index (χ4v) is 10.9. The van der Waals surface area contributed by atoms with Gasteiger partial charge in [0.05, 0.1) is 11.7 Å². The molecule has 220 valence electrons. The van der Waals surface area contributed by atoms with Gasteiger partial charge in [0.25, 0.3) is 5.91 Å². The van der Waals surface area contributed by atoms with E-state index in [1.54, 1.807) is 22.7 Å². The SMILES string of the molecule is CC(CCC12CC3CC4CC(C1)C432)C(=O)OCc1ccc(CSc2cccc3c2CN(C2CCC(=O)NC2=O)C3=O)o1. The summed E-state index contributed by atoms with van der Waals surface area (Å²) in [4.78, 5) is 52.3. The van der Waals surface area contributed by atoms with Crippen molar-refractivity contribution < 1.29 is 28.3 Å². The minimum absolute atomic E-state index is 0.0971. The lowest BCUT2D eigenvalue weighted by atomic mass is 9.13. The number of benzene rings is 1. The molecule has 1 N–H and O–H groups in total. The Morgan fingerprint density at radius 1 is 1.12 bits per heavy atom. The van der Waals surface area contributed by atoms with Crippen LogP contribution in [-0.4, -0.2) is 34.6 Å². The molecule has 3 heterocycles. The standard InChI is InChI=1S/C33H36N2O6S/c1-18(9-10-32-13-20-11-19-12-21(14-32)33(19,20)32)31(39)40-16-22-5-6-23(41-22)17-42-27-4-2-3-24-25(27)15-35(30(24)38)26-7-8-28(36)34-29(26)37/h2-6,18-21,26H,7-17H2,1H3,(H,34,36,37). The average molecular weight is 589 g/mol. The summed E-state index contributed by atoms with van der Waals surface area (Å²) >= 11 is 1.57. The monoisotopic (exact) mass is 588 g/mol. The van der Waals surface area contributed by atoms with E-state index in [2.05, 4.69) is 5.32 Å². The van der Waals surface area contributed by atoms with Crippen LogP contribution < -0.4 is 5.32 Å². The van der Waals surface area contributed by atoms with E-state index in [-0.39, 0.29) is 36.7 Å². The fourth-order valence-electron chi connectivity index (χ4n) is 9.90. The minimum atomic E-state index is -0.632. The van der Waals surface area contributed by atoms with Gasteiger partial charge >= 0.3 is 5.97 Å². The van der Waals surface area contributed by atoms with Gasteiger partial charge in [-0.2, -0.15) is 0 Å². The van der Waals surface area contributed by atoms with Gasteiger partial charge in [-0.1, -0.05) is 13.0 Å². The van der Waals surface area contributed by atoms with E-state index >= 15 is 0 Å². The minimum Gasteiger partial charge on any atom is -0.462 e. The van der Waals surface area contributed by atoms with E-state index in [0.717, 1.165) is 40.4 Å². The van der Waals surface area contributed by atoms with Gasteiger partial charge in [0, 0.05) is 23.4 Å². The fraction of sp³-hybridized carbons (Fsp3) is 0.576. The molecule has 2 aliphatic heterocycles. The lowest BCUT2D eigenvalue weighted by Gasteiger charge is -2.92. The highest BCUT2D eigenvalue weighted by atomic mass is 32.2. The summed E-state index contributed by atoms with van der Waals surface area (Å²) in [5.41, 5.74) is 2.76. The lowest BCUT2D eigenvalue weighted by molar-refractivity contribution is -0.433. The van der Waals surface area contributed by atoms with E-state index in [0.29, 0.717) is 40.9 Å². The third-order valence-electron chi connectivity index (χ3n) is 11.8. The van der Waals surface area contributed by atoms with Crippen molar-refractivity contribution in [3.05, 3.63) is 53.0 Å². The summed E-state index contributed by atoms with van der Waals surface area (Å²) in [5.74, 6) is 3.81. The molecule has 5 fully saturated rings. The number of thioether (sulfide) groups is 1. The number of furan rings is 1. The Labute approximate surface area is 249 Å². The van der Waals surface area contributed by atoms with Crippen molar-refractivity contribution in [1.29, 1.82) is 0 Å². The number of nitrogens with zero attached hydrogens (tertiary/aromatic N) is 1. The number of carbonyl (C=O) groups excluding carboxylic acids is 4. The predicted molar refractivity (Wildman–Crippen MR) is 153 cm³/mol. The molecule has 8 nitrogen and oxygen atoms in total. The summed E-state index contributed by atoms with van der Waals surface area (Å²) in [7, 11) is 0. The number of nitrogens with one attached hydrogen (secondary N) is 1. The quantitative estimate of drug-likeness (QED) is 0.230. The Morgan fingerprint density at radius 2 is 1.90 bits per heavy atom. The number of piperidine rings is 1. The van der Waals surface area contributed by atoms with Crippen molar-refractivity contribution in [3.8, 4) is 0 Å². The Balaban J connectivity index is 0.827. The van der Waals surface area contributed by atoms with Crippen LogP contribution in [0.25, 0.3) is 0 Å². The second-order valence-electron chi connectivity index (χ2n) is 13.6. The molecule has 1 saturated heterocycles. The first-order chi connectivity index (χ1) is 20.3. The van der Waals surface area contributed by atoms with Gasteiger partial charge in [-0.15, -0.1) is 11.8 Å². The van der Waals surface area contributed by atoms with Gasteiger partial charge in [-0.25, -0.2) is 0 Å². The van der Waals surface area contributed by atoms with E-state index in [4.69, 9.17) is 9.15 Å². The molecule has 9 heteroatoms. The second-order valence-corrected chi connectivity index (χ2v) is 14.6. The number of fused-ring (bicyclic) bond motifs is 1. The van der Waals surface area contributed by atoms with Gasteiger partial charge in [-0.3, -0.25) is 24.5 Å². The largest absolute Gasteiger partial charge is 0.462 e. The zero-order chi connectivity index (χ0) is 28.8. The van der Waals surface area contributed by atoms with E-state index in [1.165, 1.54) is 32.1 Å². The van der Waals surface area contributed by atoms with Crippen LogP contribution >= 0.6 is 11.8 Å². The summed E-state index contributed by atoms with van der Waals surface area (Å²) in [6.07, 6.45) is 8.40. The van der Waals surface area contributed by atoms with Crippen molar-refractivity contribution in [2.24, 2.45) is 34.5 Å². The number of rotatable bonds is 10. The molecule has 8 rings (SSSR count). The van der Waals surface area contributed by atoms with Gasteiger partial charge < -0.3 is 14.1 Å². The van der Waals surface area contributed by atoms with Crippen LogP contribution in [0.15, 0.2) is 39.6 Å². The first-order valence-electron chi connectivity index (χ1n) is 15.4. The van der Waals surface area contributed by atoms with Crippen LogP contribution in [-0.2, 0) is 38.0 Å². The van der Waals surface area contributed by atoms with Gasteiger partial charge in [0.15, 0.2) is 0 Å². The van der Waals surface area contributed by atoms with Crippen molar-refractivity contribution in [2.75, 3.05) is 0 Å². The maximum absolute atomic E-state index is 13.1. The van der Waals surface area contributed by atoms with Gasteiger partial charge in [0.2, 0.25) is 11.8 Å². The zero-order valence-electron chi connectivity index (χ0n) is 23.9. The first-order valence-corrected chi connectivity index (χ1v) is 16.4. The maximum atomic E-state index is 13.1. The molecule has 0 bridgehead atoms. The van der Waals surface area contributed by atoms with Crippen LogP contribution in [0.1, 0.15) is 85.7 Å². The first kappa shape index (κ1) is 26.5. The molecule has 4 unspecified atom stereocenters. The van der Waals surface area contributed by atoms with Crippen molar-refractivity contribution >= 4 is 35.5 Å². The van der Waals surface area contributed by atoms with Crippen LogP contribution in [0, 0.1) is 34.5 Å². The van der Waals surface area contributed by atoms with Crippen LogP contribution in [0.4, 0.5) is 0 Å². The maximum Gasteiger partial charge on any atom is 0.309 e.